The van der Waals surface area contributed by atoms with Crippen LogP contribution in [0.15, 0.2) is 65.8 Å². The molecule has 0 amide bonds. The van der Waals surface area contributed by atoms with Crippen LogP contribution in [0.25, 0.3) is 5.69 Å². The van der Waals surface area contributed by atoms with Gasteiger partial charge in [-0.05, 0) is 66.2 Å². The fourth-order valence-electron chi connectivity index (χ4n) is 3.50. The number of rotatable bonds is 13. The van der Waals surface area contributed by atoms with Crippen molar-refractivity contribution in [3.8, 4) is 17.2 Å². The van der Waals surface area contributed by atoms with Gasteiger partial charge in [0.25, 0.3) is 0 Å². The second-order valence-electron chi connectivity index (χ2n) is 7.90. The average molecular weight is 579 g/mol. The van der Waals surface area contributed by atoms with Gasteiger partial charge < -0.3 is 14.8 Å². The summed E-state index contributed by atoms with van der Waals surface area (Å²) in [7, 11) is 0. The molecule has 1 heterocycles. The Morgan fingerprint density at radius 3 is 2.43 bits per heavy atom. The number of aromatic nitrogens is 4. The van der Waals surface area contributed by atoms with Crippen molar-refractivity contribution in [2.45, 2.75) is 31.7 Å². The van der Waals surface area contributed by atoms with Gasteiger partial charge in [-0.2, -0.15) is 4.68 Å². The molecule has 0 aliphatic rings. The van der Waals surface area contributed by atoms with E-state index in [1.165, 1.54) is 0 Å². The third kappa shape index (κ3) is 7.52. The number of nitrogens with one attached hydrogen (secondary N) is 1. The monoisotopic (exact) mass is 577 g/mol. The van der Waals surface area contributed by atoms with E-state index in [1.54, 1.807) is 40.7 Å². The van der Waals surface area contributed by atoms with Crippen molar-refractivity contribution in [3.63, 3.8) is 0 Å². The van der Waals surface area contributed by atoms with Gasteiger partial charge >= 0.3 is 0 Å². The average Bonchev–Trinajstić information content (AvgIpc) is 3.37. The normalized spacial score (nSPS) is 11.0. The molecule has 3 aromatic carbocycles. The van der Waals surface area contributed by atoms with Crippen molar-refractivity contribution in [2.75, 3.05) is 18.9 Å². The van der Waals surface area contributed by atoms with Crippen molar-refractivity contribution in [2.24, 2.45) is 0 Å². The molecular formula is C26H26Cl3N5O2S. The SMILES string of the molecule is CCOc1cc(CNCCCSc2nnnn2-c2ccccc2)c(Cl)cc1OCc1c(Cl)cccc1Cl. The maximum Gasteiger partial charge on any atom is 0.214 e. The van der Waals surface area contributed by atoms with E-state index in [1.807, 2.05) is 43.3 Å². The van der Waals surface area contributed by atoms with Gasteiger partial charge in [-0.25, -0.2) is 0 Å². The quantitative estimate of drug-likeness (QED) is 0.137. The second kappa shape index (κ2) is 13.9. The number of halogens is 3. The van der Waals surface area contributed by atoms with E-state index in [9.17, 15) is 0 Å². The highest BCUT2D eigenvalue weighted by Gasteiger charge is 2.14. The number of tetrazole rings is 1. The van der Waals surface area contributed by atoms with Crippen LogP contribution in [0.1, 0.15) is 24.5 Å². The second-order valence-corrected chi connectivity index (χ2v) is 10.2. The molecule has 0 bridgehead atoms. The Labute approximate surface area is 235 Å². The fourth-order valence-corrected chi connectivity index (χ4v) is 5.05. The van der Waals surface area contributed by atoms with Crippen LogP contribution in [0.4, 0.5) is 0 Å². The summed E-state index contributed by atoms with van der Waals surface area (Å²) in [6.45, 7) is 4.04. The predicted octanol–water partition coefficient (Wildman–Crippen LogP) is 6.87. The van der Waals surface area contributed by atoms with Crippen molar-refractivity contribution >= 4 is 46.6 Å². The fraction of sp³-hybridized carbons (Fsp3) is 0.269. The molecule has 0 fully saturated rings. The Morgan fingerprint density at radius 1 is 0.919 bits per heavy atom. The zero-order chi connectivity index (χ0) is 26.0. The Bertz CT molecular complexity index is 1290. The van der Waals surface area contributed by atoms with Crippen LogP contribution in [0.2, 0.25) is 15.1 Å². The van der Waals surface area contributed by atoms with Gasteiger partial charge in [-0.15, -0.1) is 5.10 Å². The topological polar surface area (TPSA) is 74.1 Å². The molecule has 11 heteroatoms. The summed E-state index contributed by atoms with van der Waals surface area (Å²) < 4.78 is 13.5. The highest BCUT2D eigenvalue weighted by molar-refractivity contribution is 7.99. The Hall–Kier alpha value is -2.49. The van der Waals surface area contributed by atoms with E-state index in [-0.39, 0.29) is 6.61 Å². The zero-order valence-corrected chi connectivity index (χ0v) is 23.2. The molecule has 4 aromatic rings. The molecule has 0 radical (unpaired) electrons. The number of thioether (sulfide) groups is 1. The van der Waals surface area contributed by atoms with E-state index in [0.717, 1.165) is 35.1 Å². The number of hydrogen-bond donors (Lipinski definition) is 1. The van der Waals surface area contributed by atoms with Gasteiger partial charge in [0.2, 0.25) is 5.16 Å². The van der Waals surface area contributed by atoms with Crippen LogP contribution in [-0.2, 0) is 13.2 Å². The molecule has 194 valence electrons. The predicted molar refractivity (Wildman–Crippen MR) is 150 cm³/mol. The Kier molecular flexibility index (Phi) is 10.3. The lowest BCUT2D eigenvalue weighted by atomic mass is 10.2. The molecule has 0 saturated heterocycles. The van der Waals surface area contributed by atoms with Gasteiger partial charge in [0, 0.05) is 39.0 Å². The van der Waals surface area contributed by atoms with Crippen LogP contribution in [0, 0.1) is 0 Å². The van der Waals surface area contributed by atoms with Gasteiger partial charge in [0.15, 0.2) is 11.5 Å². The van der Waals surface area contributed by atoms with Crippen LogP contribution in [-0.4, -0.2) is 39.1 Å². The molecule has 0 aliphatic carbocycles. The summed E-state index contributed by atoms with van der Waals surface area (Å²) in [6.07, 6.45) is 0.933. The summed E-state index contributed by atoms with van der Waals surface area (Å²) in [6, 6.07) is 18.9. The minimum atomic E-state index is 0.206. The summed E-state index contributed by atoms with van der Waals surface area (Å²) in [5.41, 5.74) is 2.58. The van der Waals surface area contributed by atoms with Crippen LogP contribution < -0.4 is 14.8 Å². The lowest BCUT2D eigenvalue weighted by Crippen LogP contribution is -2.16. The minimum Gasteiger partial charge on any atom is -0.490 e. The Balaban J connectivity index is 1.28. The summed E-state index contributed by atoms with van der Waals surface area (Å²) in [5.74, 6) is 2.03. The molecule has 0 saturated carbocycles. The molecule has 0 spiro atoms. The van der Waals surface area contributed by atoms with E-state index < -0.39 is 0 Å². The molecule has 37 heavy (non-hydrogen) atoms. The van der Waals surface area contributed by atoms with E-state index in [0.29, 0.717) is 45.3 Å². The van der Waals surface area contributed by atoms with Crippen molar-refractivity contribution < 1.29 is 9.47 Å². The minimum absolute atomic E-state index is 0.206. The van der Waals surface area contributed by atoms with Crippen LogP contribution in [0.3, 0.4) is 0 Å². The zero-order valence-electron chi connectivity index (χ0n) is 20.2. The smallest absolute Gasteiger partial charge is 0.214 e. The molecular weight excluding hydrogens is 553 g/mol. The number of nitrogens with zero attached hydrogens (tertiary/aromatic N) is 4. The molecule has 0 atom stereocenters. The van der Waals surface area contributed by atoms with Gasteiger partial charge in [-0.1, -0.05) is 70.8 Å². The van der Waals surface area contributed by atoms with Crippen molar-refractivity contribution in [1.29, 1.82) is 0 Å². The Morgan fingerprint density at radius 2 is 1.68 bits per heavy atom. The van der Waals surface area contributed by atoms with Gasteiger partial charge in [0.05, 0.1) is 12.3 Å². The van der Waals surface area contributed by atoms with E-state index >= 15 is 0 Å². The van der Waals surface area contributed by atoms with Gasteiger partial charge in [-0.3, -0.25) is 0 Å². The first kappa shape index (κ1) is 27.5. The van der Waals surface area contributed by atoms with Crippen molar-refractivity contribution in [3.05, 3.63) is 86.9 Å². The standard InChI is InChI=1S/C26H26Cl3N5O2S/c1-2-35-24-14-18(23(29)15-25(24)36-17-20-21(27)10-6-11-22(20)28)16-30-12-7-13-37-26-31-32-33-34(26)19-8-4-3-5-9-19/h3-6,8-11,14-15,30H,2,7,12-13,16-17H2,1H3. The van der Waals surface area contributed by atoms with Crippen LogP contribution >= 0.6 is 46.6 Å². The summed E-state index contributed by atoms with van der Waals surface area (Å²) >= 11 is 20.7. The van der Waals surface area contributed by atoms with E-state index in [4.69, 9.17) is 44.3 Å². The molecule has 0 unspecified atom stereocenters. The highest BCUT2D eigenvalue weighted by Crippen LogP contribution is 2.35. The first-order valence-electron chi connectivity index (χ1n) is 11.7. The number of ether oxygens (including phenoxy) is 2. The third-order valence-electron chi connectivity index (χ3n) is 5.33. The molecule has 7 nitrogen and oxygen atoms in total. The maximum absolute atomic E-state index is 6.57. The first-order chi connectivity index (χ1) is 18.1. The lowest BCUT2D eigenvalue weighted by Gasteiger charge is -2.16. The lowest BCUT2D eigenvalue weighted by molar-refractivity contribution is 0.269. The van der Waals surface area contributed by atoms with E-state index in [2.05, 4.69) is 20.8 Å². The van der Waals surface area contributed by atoms with Gasteiger partial charge in [0.1, 0.15) is 6.61 Å². The maximum atomic E-state index is 6.57. The molecule has 1 N–H and O–H groups in total. The molecule has 4 rings (SSSR count). The third-order valence-corrected chi connectivity index (χ3v) is 7.40. The number of hydrogen-bond acceptors (Lipinski definition) is 7. The highest BCUT2D eigenvalue weighted by atomic mass is 35.5. The molecule has 0 aliphatic heterocycles. The number of benzene rings is 3. The first-order valence-corrected chi connectivity index (χ1v) is 13.9. The largest absolute Gasteiger partial charge is 0.490 e. The van der Waals surface area contributed by atoms with Crippen molar-refractivity contribution in [1.82, 2.24) is 25.5 Å². The van der Waals surface area contributed by atoms with Crippen LogP contribution in [0.5, 0.6) is 11.5 Å². The molecule has 1 aromatic heterocycles. The summed E-state index contributed by atoms with van der Waals surface area (Å²) in [4.78, 5) is 0. The summed E-state index contributed by atoms with van der Waals surface area (Å²) in [5, 5.41) is 17.9. The number of para-hydroxylation sites is 1.